The summed E-state index contributed by atoms with van der Waals surface area (Å²) in [6.07, 6.45) is 3.02. The molecule has 1 aromatic carbocycles. The number of nitrogens with one attached hydrogen (secondary N) is 1. The van der Waals surface area contributed by atoms with Gasteiger partial charge in [-0.15, -0.1) is 0 Å². The molecule has 0 saturated carbocycles. The second-order valence-corrected chi connectivity index (χ2v) is 6.36. The monoisotopic (exact) mass is 336 g/mol. The van der Waals surface area contributed by atoms with Crippen LogP contribution in [0.2, 0.25) is 0 Å². The van der Waals surface area contributed by atoms with E-state index in [-0.39, 0.29) is 11.7 Å². The lowest BCUT2D eigenvalue weighted by atomic mass is 9.89. The van der Waals surface area contributed by atoms with Crippen LogP contribution in [0.1, 0.15) is 24.8 Å². The lowest BCUT2D eigenvalue weighted by Gasteiger charge is -2.32. The van der Waals surface area contributed by atoms with Crippen molar-refractivity contribution < 1.29 is 9.47 Å². The highest BCUT2D eigenvalue weighted by molar-refractivity contribution is 9.10. The van der Waals surface area contributed by atoms with Crippen molar-refractivity contribution in [1.82, 2.24) is 5.32 Å². The van der Waals surface area contributed by atoms with Gasteiger partial charge in [0.15, 0.2) is 0 Å². The molecule has 106 valence electrons. The first-order chi connectivity index (χ1) is 9.71. The van der Waals surface area contributed by atoms with Gasteiger partial charge in [0.25, 0.3) is 0 Å². The van der Waals surface area contributed by atoms with E-state index in [1.54, 1.807) is 6.07 Å². The van der Waals surface area contributed by atoms with E-state index in [1.807, 2.05) is 12.1 Å². The van der Waals surface area contributed by atoms with Crippen molar-refractivity contribution in [1.29, 1.82) is 5.26 Å². The molecule has 0 amide bonds. The van der Waals surface area contributed by atoms with Gasteiger partial charge >= 0.3 is 0 Å². The van der Waals surface area contributed by atoms with Gasteiger partial charge in [-0.25, -0.2) is 0 Å². The molecule has 20 heavy (non-hydrogen) atoms. The van der Waals surface area contributed by atoms with E-state index in [0.29, 0.717) is 17.9 Å². The average molecular weight is 337 g/mol. The molecule has 2 fully saturated rings. The summed E-state index contributed by atoms with van der Waals surface area (Å²) in [4.78, 5) is 0. The molecular formula is C15H17BrN2O2. The van der Waals surface area contributed by atoms with Crippen molar-refractivity contribution >= 4 is 15.9 Å². The van der Waals surface area contributed by atoms with Gasteiger partial charge in [0.1, 0.15) is 17.9 Å². The summed E-state index contributed by atoms with van der Waals surface area (Å²) in [6.45, 7) is 2.62. The van der Waals surface area contributed by atoms with E-state index < -0.39 is 0 Å². The summed E-state index contributed by atoms with van der Waals surface area (Å²) < 4.78 is 12.9. The minimum absolute atomic E-state index is 0.0191. The number of hydrogen-bond donors (Lipinski definition) is 1. The maximum Gasteiger partial charge on any atom is 0.138 e. The van der Waals surface area contributed by atoms with E-state index in [4.69, 9.17) is 14.7 Å². The fraction of sp³-hybridized carbons (Fsp3) is 0.533. The zero-order valence-electron chi connectivity index (χ0n) is 11.2. The summed E-state index contributed by atoms with van der Waals surface area (Å²) in [6, 6.07) is 7.65. The molecule has 0 radical (unpaired) electrons. The van der Waals surface area contributed by atoms with Crippen LogP contribution < -0.4 is 10.1 Å². The number of nitriles is 1. The molecule has 2 heterocycles. The van der Waals surface area contributed by atoms with Crippen molar-refractivity contribution in [2.45, 2.75) is 31.0 Å². The Hall–Kier alpha value is -1.09. The van der Waals surface area contributed by atoms with Crippen molar-refractivity contribution in [2.24, 2.45) is 0 Å². The third-order valence-electron chi connectivity index (χ3n) is 4.05. The molecular weight excluding hydrogens is 320 g/mol. The Morgan fingerprint density at radius 2 is 2.20 bits per heavy atom. The highest BCUT2D eigenvalue weighted by Gasteiger charge is 2.42. The quantitative estimate of drug-likeness (QED) is 0.901. The Morgan fingerprint density at radius 3 is 2.95 bits per heavy atom. The van der Waals surface area contributed by atoms with Gasteiger partial charge in [-0.3, -0.25) is 0 Å². The van der Waals surface area contributed by atoms with Crippen molar-refractivity contribution in [3.63, 3.8) is 0 Å². The SMILES string of the molecule is N#Cc1ccc(Br)cc1OC1COC2(CCNCC2)C1. The van der Waals surface area contributed by atoms with E-state index in [9.17, 15) is 0 Å². The van der Waals surface area contributed by atoms with Crippen LogP contribution in [0.25, 0.3) is 0 Å². The summed E-state index contributed by atoms with van der Waals surface area (Å²) in [5.74, 6) is 0.640. The molecule has 1 spiro atoms. The number of benzene rings is 1. The second kappa shape index (κ2) is 5.72. The Balaban J connectivity index is 1.70. The predicted octanol–water partition coefficient (Wildman–Crippen LogP) is 2.61. The number of piperidine rings is 1. The van der Waals surface area contributed by atoms with E-state index in [0.717, 1.165) is 36.8 Å². The van der Waals surface area contributed by atoms with Crippen LogP contribution >= 0.6 is 15.9 Å². The maximum atomic E-state index is 9.14. The number of ether oxygens (including phenoxy) is 2. The highest BCUT2D eigenvalue weighted by Crippen LogP contribution is 2.36. The molecule has 4 nitrogen and oxygen atoms in total. The second-order valence-electron chi connectivity index (χ2n) is 5.44. The summed E-state index contributed by atoms with van der Waals surface area (Å²) >= 11 is 3.42. The van der Waals surface area contributed by atoms with Gasteiger partial charge in [-0.05, 0) is 44.1 Å². The average Bonchev–Trinajstić information content (AvgIpc) is 2.82. The molecule has 2 aliphatic rings. The van der Waals surface area contributed by atoms with E-state index >= 15 is 0 Å². The first kappa shape index (κ1) is 13.9. The minimum atomic E-state index is -0.0191. The molecule has 2 aliphatic heterocycles. The highest BCUT2D eigenvalue weighted by atomic mass is 79.9. The zero-order chi connectivity index (χ0) is 14.0. The van der Waals surface area contributed by atoms with Crippen LogP contribution in [0.3, 0.4) is 0 Å². The zero-order valence-corrected chi connectivity index (χ0v) is 12.8. The molecule has 0 bridgehead atoms. The molecule has 0 aromatic heterocycles. The number of hydrogen-bond acceptors (Lipinski definition) is 4. The van der Waals surface area contributed by atoms with Crippen LogP contribution in [0.4, 0.5) is 0 Å². The summed E-state index contributed by atoms with van der Waals surface area (Å²) in [5.41, 5.74) is 0.550. The van der Waals surface area contributed by atoms with E-state index in [2.05, 4.69) is 27.3 Å². The van der Waals surface area contributed by atoms with Gasteiger partial charge in [-0.2, -0.15) is 5.26 Å². The van der Waals surface area contributed by atoms with E-state index in [1.165, 1.54) is 0 Å². The molecule has 5 heteroatoms. The number of rotatable bonds is 2. The van der Waals surface area contributed by atoms with Gasteiger partial charge in [0.05, 0.1) is 17.8 Å². The van der Waals surface area contributed by atoms with Crippen LogP contribution in [0, 0.1) is 11.3 Å². The molecule has 1 aromatic rings. The van der Waals surface area contributed by atoms with Crippen LogP contribution in [0.15, 0.2) is 22.7 Å². The molecule has 1 unspecified atom stereocenters. The Bertz CT molecular complexity index is 535. The largest absolute Gasteiger partial charge is 0.486 e. The van der Waals surface area contributed by atoms with Crippen molar-refractivity contribution in [3.05, 3.63) is 28.2 Å². The minimum Gasteiger partial charge on any atom is -0.486 e. The van der Waals surface area contributed by atoms with Gasteiger partial charge in [0.2, 0.25) is 0 Å². The molecule has 1 N–H and O–H groups in total. The van der Waals surface area contributed by atoms with Crippen LogP contribution in [-0.2, 0) is 4.74 Å². The van der Waals surface area contributed by atoms with Crippen molar-refractivity contribution in [2.75, 3.05) is 19.7 Å². The first-order valence-corrected chi connectivity index (χ1v) is 7.71. The standard InChI is InChI=1S/C15H17BrN2O2/c16-12-2-1-11(9-17)14(7-12)20-13-8-15(19-10-13)3-5-18-6-4-15/h1-2,7,13,18H,3-6,8,10H2. The Kier molecular flexibility index (Phi) is 3.97. The topological polar surface area (TPSA) is 54.3 Å². The smallest absolute Gasteiger partial charge is 0.138 e. The first-order valence-electron chi connectivity index (χ1n) is 6.92. The molecule has 3 rings (SSSR count). The fourth-order valence-corrected chi connectivity index (χ4v) is 3.31. The van der Waals surface area contributed by atoms with Crippen LogP contribution in [-0.4, -0.2) is 31.4 Å². The lowest BCUT2D eigenvalue weighted by molar-refractivity contribution is -0.0205. The van der Waals surface area contributed by atoms with Crippen LogP contribution in [0.5, 0.6) is 5.75 Å². The lowest BCUT2D eigenvalue weighted by Crippen LogP contribution is -2.41. The van der Waals surface area contributed by atoms with Gasteiger partial charge < -0.3 is 14.8 Å². The molecule has 2 saturated heterocycles. The summed E-state index contributed by atoms with van der Waals surface area (Å²) in [5, 5.41) is 12.5. The fourth-order valence-electron chi connectivity index (χ4n) is 2.97. The van der Waals surface area contributed by atoms with Gasteiger partial charge in [-0.1, -0.05) is 15.9 Å². The van der Waals surface area contributed by atoms with Gasteiger partial charge in [0, 0.05) is 10.9 Å². The third kappa shape index (κ3) is 2.83. The normalized spacial score (nSPS) is 24.5. The molecule has 1 atom stereocenters. The third-order valence-corrected chi connectivity index (χ3v) is 4.54. The molecule has 0 aliphatic carbocycles. The maximum absolute atomic E-state index is 9.14. The predicted molar refractivity (Wildman–Crippen MR) is 78.7 cm³/mol. The summed E-state index contributed by atoms with van der Waals surface area (Å²) in [7, 11) is 0. The Morgan fingerprint density at radius 1 is 1.40 bits per heavy atom. The van der Waals surface area contributed by atoms with Crippen molar-refractivity contribution in [3.8, 4) is 11.8 Å². The Labute approximate surface area is 127 Å². The number of nitrogens with zero attached hydrogens (tertiary/aromatic N) is 1. The number of halogens is 1.